The summed E-state index contributed by atoms with van der Waals surface area (Å²) in [6, 6.07) is 4.99. The molecule has 2 heteroatoms. The molecule has 1 fully saturated rings. The summed E-state index contributed by atoms with van der Waals surface area (Å²) in [4.78, 5) is 0. The van der Waals surface area contributed by atoms with Gasteiger partial charge in [-0.05, 0) is 56.4 Å². The quantitative estimate of drug-likeness (QED) is 0.802. The number of hydrogen-bond donors (Lipinski definition) is 1. The van der Waals surface area contributed by atoms with Gasteiger partial charge in [-0.25, -0.2) is 4.39 Å². The van der Waals surface area contributed by atoms with Crippen molar-refractivity contribution in [2.24, 2.45) is 0 Å². The molecule has 0 saturated heterocycles. The van der Waals surface area contributed by atoms with Crippen molar-refractivity contribution in [1.82, 2.24) is 5.32 Å². The van der Waals surface area contributed by atoms with Crippen LogP contribution in [0.5, 0.6) is 0 Å². The second-order valence-corrected chi connectivity index (χ2v) is 4.84. The van der Waals surface area contributed by atoms with Gasteiger partial charge in [0.1, 0.15) is 5.82 Å². The minimum absolute atomic E-state index is 0.142. The molecule has 0 bridgehead atoms. The van der Waals surface area contributed by atoms with Gasteiger partial charge in [0.05, 0.1) is 0 Å². The number of nitrogens with one attached hydrogen (secondary N) is 1. The molecule has 82 valence electrons. The van der Waals surface area contributed by atoms with Crippen LogP contribution in [0.2, 0.25) is 0 Å². The smallest absolute Gasteiger partial charge is 0.123 e. The van der Waals surface area contributed by atoms with Gasteiger partial charge in [0.15, 0.2) is 0 Å². The van der Waals surface area contributed by atoms with Crippen LogP contribution >= 0.6 is 0 Å². The molecular formula is C13H18FN. The van der Waals surface area contributed by atoms with Crippen LogP contribution in [-0.4, -0.2) is 5.54 Å². The van der Waals surface area contributed by atoms with Crippen molar-refractivity contribution >= 4 is 0 Å². The Kier molecular flexibility index (Phi) is 2.79. The maximum absolute atomic E-state index is 13.0. The van der Waals surface area contributed by atoms with Crippen LogP contribution in [0.15, 0.2) is 18.2 Å². The lowest BCUT2D eigenvalue weighted by atomic mass is 9.78. The number of aryl methyl sites for hydroxylation is 1. The van der Waals surface area contributed by atoms with Crippen molar-refractivity contribution in [2.45, 2.75) is 45.2 Å². The highest BCUT2D eigenvalue weighted by Crippen LogP contribution is 2.31. The Morgan fingerprint density at radius 3 is 2.73 bits per heavy atom. The molecule has 0 amide bonds. The van der Waals surface area contributed by atoms with E-state index >= 15 is 0 Å². The van der Waals surface area contributed by atoms with Crippen LogP contribution < -0.4 is 5.32 Å². The Labute approximate surface area is 90.7 Å². The highest BCUT2D eigenvalue weighted by molar-refractivity contribution is 5.26. The monoisotopic (exact) mass is 207 g/mol. The first kappa shape index (κ1) is 10.6. The Morgan fingerprint density at radius 1 is 1.40 bits per heavy atom. The lowest BCUT2D eigenvalue weighted by Gasteiger charge is -2.39. The van der Waals surface area contributed by atoms with Crippen molar-refractivity contribution in [3.63, 3.8) is 0 Å². The summed E-state index contributed by atoms with van der Waals surface area (Å²) >= 11 is 0. The molecule has 1 aliphatic rings. The van der Waals surface area contributed by atoms with Gasteiger partial charge in [0.25, 0.3) is 0 Å². The molecule has 0 aliphatic heterocycles. The highest BCUT2D eigenvalue weighted by Gasteiger charge is 2.30. The van der Waals surface area contributed by atoms with Gasteiger partial charge in [-0.15, -0.1) is 0 Å². The maximum atomic E-state index is 13.0. The summed E-state index contributed by atoms with van der Waals surface area (Å²) in [5, 5.41) is 3.51. The third-order valence-electron chi connectivity index (χ3n) is 3.47. The zero-order chi connectivity index (χ0) is 10.9. The van der Waals surface area contributed by atoms with E-state index in [2.05, 4.69) is 12.2 Å². The number of halogens is 1. The van der Waals surface area contributed by atoms with Crippen LogP contribution in [0.4, 0.5) is 4.39 Å². The molecule has 1 aromatic rings. The second-order valence-electron chi connectivity index (χ2n) is 4.84. The first-order valence-electron chi connectivity index (χ1n) is 5.59. The maximum Gasteiger partial charge on any atom is 0.123 e. The van der Waals surface area contributed by atoms with E-state index in [4.69, 9.17) is 0 Å². The topological polar surface area (TPSA) is 12.0 Å². The van der Waals surface area contributed by atoms with E-state index in [9.17, 15) is 4.39 Å². The summed E-state index contributed by atoms with van der Waals surface area (Å²) in [7, 11) is 0. The number of benzene rings is 1. The molecule has 1 nitrogen and oxygen atoms in total. The molecule has 0 radical (unpaired) electrons. The van der Waals surface area contributed by atoms with Gasteiger partial charge in [0.2, 0.25) is 0 Å². The summed E-state index contributed by atoms with van der Waals surface area (Å²) in [6.45, 7) is 5.05. The summed E-state index contributed by atoms with van der Waals surface area (Å²) in [5.41, 5.74) is 2.52. The average molecular weight is 207 g/mol. The molecular weight excluding hydrogens is 189 g/mol. The first-order valence-corrected chi connectivity index (χ1v) is 5.59. The van der Waals surface area contributed by atoms with E-state index < -0.39 is 0 Å². The Morgan fingerprint density at radius 2 is 2.13 bits per heavy atom. The average Bonchev–Trinajstić information content (AvgIpc) is 2.17. The van der Waals surface area contributed by atoms with Crippen LogP contribution in [0.3, 0.4) is 0 Å². The zero-order valence-electron chi connectivity index (χ0n) is 9.44. The fourth-order valence-electron chi connectivity index (χ4n) is 2.02. The fourth-order valence-corrected chi connectivity index (χ4v) is 2.02. The van der Waals surface area contributed by atoms with E-state index in [0.29, 0.717) is 5.54 Å². The van der Waals surface area contributed by atoms with Crippen molar-refractivity contribution in [3.05, 3.63) is 35.1 Å². The predicted molar refractivity (Wildman–Crippen MR) is 60.2 cm³/mol. The Hall–Kier alpha value is -0.890. The van der Waals surface area contributed by atoms with Gasteiger partial charge in [-0.2, -0.15) is 0 Å². The lowest BCUT2D eigenvalue weighted by molar-refractivity contribution is 0.206. The molecule has 1 N–H and O–H groups in total. The molecule has 0 atom stereocenters. The highest BCUT2D eigenvalue weighted by atomic mass is 19.1. The van der Waals surface area contributed by atoms with Crippen molar-refractivity contribution in [3.8, 4) is 0 Å². The lowest BCUT2D eigenvalue weighted by Crippen LogP contribution is -2.47. The summed E-state index contributed by atoms with van der Waals surface area (Å²) in [6.07, 6.45) is 3.79. The summed E-state index contributed by atoms with van der Waals surface area (Å²) < 4.78 is 13.0. The molecule has 0 aromatic heterocycles. The Bertz CT molecular complexity index is 356. The molecule has 15 heavy (non-hydrogen) atoms. The van der Waals surface area contributed by atoms with Gasteiger partial charge in [-0.1, -0.05) is 6.07 Å². The Balaban J connectivity index is 2.01. The van der Waals surface area contributed by atoms with Gasteiger partial charge < -0.3 is 5.32 Å². The van der Waals surface area contributed by atoms with Gasteiger partial charge in [0, 0.05) is 12.1 Å². The van der Waals surface area contributed by atoms with E-state index in [1.54, 1.807) is 6.07 Å². The molecule has 0 spiro atoms. The van der Waals surface area contributed by atoms with Crippen LogP contribution in [0.25, 0.3) is 0 Å². The molecule has 1 aromatic carbocycles. The van der Waals surface area contributed by atoms with Crippen molar-refractivity contribution in [1.29, 1.82) is 0 Å². The molecule has 1 aliphatic carbocycles. The van der Waals surface area contributed by atoms with E-state index in [-0.39, 0.29) is 5.82 Å². The molecule has 0 unspecified atom stereocenters. The normalized spacial score (nSPS) is 18.6. The van der Waals surface area contributed by atoms with Gasteiger partial charge in [-0.3, -0.25) is 0 Å². The largest absolute Gasteiger partial charge is 0.307 e. The minimum Gasteiger partial charge on any atom is -0.307 e. The number of hydrogen-bond acceptors (Lipinski definition) is 1. The summed E-state index contributed by atoms with van der Waals surface area (Å²) in [5.74, 6) is -0.142. The second kappa shape index (κ2) is 3.93. The fraction of sp³-hybridized carbons (Fsp3) is 0.538. The van der Waals surface area contributed by atoms with Crippen LogP contribution in [0, 0.1) is 12.7 Å². The predicted octanol–water partition coefficient (Wildman–Crippen LogP) is 3.17. The van der Waals surface area contributed by atoms with Crippen molar-refractivity contribution in [2.75, 3.05) is 0 Å². The van der Waals surface area contributed by atoms with E-state index in [1.807, 2.05) is 13.0 Å². The minimum atomic E-state index is -0.142. The third kappa shape index (κ3) is 2.37. The zero-order valence-corrected chi connectivity index (χ0v) is 9.44. The molecule has 0 heterocycles. The molecule has 2 rings (SSSR count). The third-order valence-corrected chi connectivity index (χ3v) is 3.47. The van der Waals surface area contributed by atoms with Crippen molar-refractivity contribution < 1.29 is 4.39 Å². The molecule has 1 saturated carbocycles. The number of rotatable bonds is 3. The SMILES string of the molecule is Cc1ccc(F)cc1CNC1(C)CCC1. The van der Waals surface area contributed by atoms with Gasteiger partial charge >= 0.3 is 0 Å². The van der Waals surface area contributed by atoms with Crippen LogP contribution in [-0.2, 0) is 6.54 Å². The van der Waals surface area contributed by atoms with Crippen LogP contribution in [0.1, 0.15) is 37.3 Å². The first-order chi connectivity index (χ1) is 7.09. The van der Waals surface area contributed by atoms with E-state index in [0.717, 1.165) is 17.7 Å². The standard InChI is InChI=1S/C13H18FN/c1-10-4-5-12(14)8-11(10)9-15-13(2)6-3-7-13/h4-5,8,15H,3,6-7,9H2,1-2H3. The van der Waals surface area contributed by atoms with E-state index in [1.165, 1.54) is 25.3 Å².